The van der Waals surface area contributed by atoms with E-state index in [9.17, 15) is 4.79 Å². The fourth-order valence-electron chi connectivity index (χ4n) is 2.23. The van der Waals surface area contributed by atoms with Gasteiger partial charge in [0.25, 0.3) is 0 Å². The van der Waals surface area contributed by atoms with E-state index in [1.807, 2.05) is 23.7 Å². The molecule has 2 aromatic rings. The van der Waals surface area contributed by atoms with Gasteiger partial charge < -0.3 is 14.0 Å². The van der Waals surface area contributed by atoms with Crippen molar-refractivity contribution in [2.45, 2.75) is 12.3 Å². The summed E-state index contributed by atoms with van der Waals surface area (Å²) in [4.78, 5) is 12.2. The number of aryl methyl sites for hydroxylation is 1. The monoisotopic (exact) mass is 403 g/mol. The second-order valence-electron chi connectivity index (χ2n) is 4.24. The minimum absolute atomic E-state index is 0.301. The van der Waals surface area contributed by atoms with Gasteiger partial charge in [-0.1, -0.05) is 15.9 Å². The molecule has 0 saturated heterocycles. The molecule has 2 rings (SSSR count). The molecule has 1 aromatic heterocycles. The summed E-state index contributed by atoms with van der Waals surface area (Å²) in [6.07, 6.45) is 0. The molecule has 1 heterocycles. The van der Waals surface area contributed by atoms with Crippen molar-refractivity contribution in [1.82, 2.24) is 4.57 Å². The molecule has 1 aromatic carbocycles. The van der Waals surface area contributed by atoms with E-state index in [0.717, 1.165) is 26.8 Å². The number of hydrogen-bond donors (Lipinski definition) is 0. The second kappa shape index (κ2) is 6.18. The summed E-state index contributed by atoms with van der Waals surface area (Å²) >= 11 is 6.90. The Hall–Kier alpha value is -1.01. The van der Waals surface area contributed by atoms with E-state index in [1.165, 1.54) is 0 Å². The van der Waals surface area contributed by atoms with Crippen LogP contribution in [-0.4, -0.2) is 24.3 Å². The predicted molar refractivity (Wildman–Crippen MR) is 85.8 cm³/mol. The molecule has 108 valence electrons. The first kappa shape index (κ1) is 15.4. The fraction of sp³-hybridized carbons (Fsp3) is 0.357. The number of alkyl halides is 1. The van der Waals surface area contributed by atoms with Crippen molar-refractivity contribution in [3.63, 3.8) is 0 Å². The summed E-state index contributed by atoms with van der Waals surface area (Å²) in [5.74, 6) is 0.430. The van der Waals surface area contributed by atoms with E-state index in [-0.39, 0.29) is 5.97 Å². The molecule has 4 nitrogen and oxygen atoms in total. The van der Waals surface area contributed by atoms with Crippen LogP contribution in [-0.2, 0) is 17.1 Å². The Balaban J connectivity index is 2.78. The first-order chi connectivity index (χ1) is 9.54. The molecule has 0 aliphatic rings. The van der Waals surface area contributed by atoms with E-state index in [0.29, 0.717) is 17.5 Å². The van der Waals surface area contributed by atoms with Gasteiger partial charge in [0.05, 0.1) is 29.3 Å². The average Bonchev–Trinajstić information content (AvgIpc) is 2.70. The molecule has 0 unspecified atom stereocenters. The van der Waals surface area contributed by atoms with Crippen molar-refractivity contribution < 1.29 is 14.3 Å². The van der Waals surface area contributed by atoms with Crippen molar-refractivity contribution in [2.24, 2.45) is 7.05 Å². The molecular weight excluding hydrogens is 390 g/mol. The van der Waals surface area contributed by atoms with Gasteiger partial charge in [-0.05, 0) is 28.9 Å². The minimum Gasteiger partial charge on any atom is -0.495 e. The van der Waals surface area contributed by atoms with Gasteiger partial charge in [0.2, 0.25) is 0 Å². The van der Waals surface area contributed by atoms with Gasteiger partial charge in [0, 0.05) is 29.5 Å². The second-order valence-corrected chi connectivity index (χ2v) is 5.65. The number of carbonyl (C=O) groups excluding carboxylic acids is 1. The van der Waals surface area contributed by atoms with Crippen molar-refractivity contribution in [3.05, 3.63) is 27.9 Å². The molecule has 0 bridgehead atoms. The molecule has 0 fully saturated rings. The summed E-state index contributed by atoms with van der Waals surface area (Å²) in [5, 5.41) is 1.43. The predicted octanol–water partition coefficient (Wildman–Crippen LogP) is 4.02. The molecule has 0 spiro atoms. The third-order valence-corrected chi connectivity index (χ3v) is 4.35. The molecular formula is C14H15Br2NO3. The zero-order chi connectivity index (χ0) is 14.9. The van der Waals surface area contributed by atoms with Gasteiger partial charge in [0.1, 0.15) is 5.75 Å². The van der Waals surface area contributed by atoms with E-state index in [2.05, 4.69) is 31.9 Å². The topological polar surface area (TPSA) is 40.5 Å². The standard InChI is InChI=1S/C14H15Br2NO3/c1-4-20-14(18)13-8-5-9(16)12(19-3)6-10(8)17(2)11(13)7-15/h5-6H,4,7H2,1-3H3. The van der Waals surface area contributed by atoms with Crippen molar-refractivity contribution in [1.29, 1.82) is 0 Å². The van der Waals surface area contributed by atoms with Crippen LogP contribution in [0.5, 0.6) is 5.75 Å². The number of nitrogens with zero attached hydrogens (tertiary/aromatic N) is 1. The molecule has 0 saturated carbocycles. The lowest BCUT2D eigenvalue weighted by Crippen LogP contribution is -2.07. The maximum absolute atomic E-state index is 12.2. The van der Waals surface area contributed by atoms with Gasteiger partial charge in [-0.25, -0.2) is 4.79 Å². The third kappa shape index (κ3) is 2.46. The fourth-order valence-corrected chi connectivity index (χ4v) is 3.39. The summed E-state index contributed by atoms with van der Waals surface area (Å²) in [6.45, 7) is 2.16. The van der Waals surface area contributed by atoms with Crippen LogP contribution in [0.3, 0.4) is 0 Å². The number of halogens is 2. The lowest BCUT2D eigenvalue weighted by atomic mass is 10.1. The Labute approximate surface area is 134 Å². The van der Waals surface area contributed by atoms with Crippen LogP contribution < -0.4 is 4.74 Å². The number of rotatable bonds is 4. The van der Waals surface area contributed by atoms with Crippen LogP contribution in [0.4, 0.5) is 0 Å². The Bertz CT molecular complexity index is 664. The normalized spacial score (nSPS) is 10.8. The van der Waals surface area contributed by atoms with Crippen molar-refractivity contribution in [3.8, 4) is 5.75 Å². The zero-order valence-electron chi connectivity index (χ0n) is 11.5. The SMILES string of the molecule is CCOC(=O)c1c(CBr)n(C)c2cc(OC)c(Br)cc12. The van der Waals surface area contributed by atoms with Crippen molar-refractivity contribution in [2.75, 3.05) is 13.7 Å². The van der Waals surface area contributed by atoms with Crippen LogP contribution in [0, 0.1) is 0 Å². The van der Waals surface area contributed by atoms with Gasteiger partial charge in [-0.2, -0.15) is 0 Å². The van der Waals surface area contributed by atoms with Crippen LogP contribution in [0.1, 0.15) is 23.0 Å². The van der Waals surface area contributed by atoms with Crippen LogP contribution in [0.25, 0.3) is 10.9 Å². The average molecular weight is 405 g/mol. The number of aromatic nitrogens is 1. The Kier molecular flexibility index (Phi) is 4.75. The largest absolute Gasteiger partial charge is 0.495 e. The molecule has 0 radical (unpaired) electrons. The number of esters is 1. The van der Waals surface area contributed by atoms with Gasteiger partial charge in [-0.15, -0.1) is 0 Å². The van der Waals surface area contributed by atoms with E-state index in [4.69, 9.17) is 9.47 Å². The quantitative estimate of drug-likeness (QED) is 0.570. The van der Waals surface area contributed by atoms with E-state index < -0.39 is 0 Å². The molecule has 6 heteroatoms. The van der Waals surface area contributed by atoms with Crippen molar-refractivity contribution >= 4 is 48.7 Å². The van der Waals surface area contributed by atoms with Crippen LogP contribution in [0.2, 0.25) is 0 Å². The number of ether oxygens (including phenoxy) is 2. The lowest BCUT2D eigenvalue weighted by molar-refractivity contribution is 0.0527. The maximum atomic E-state index is 12.2. The summed E-state index contributed by atoms with van der Waals surface area (Å²) in [5.41, 5.74) is 2.42. The molecule has 0 N–H and O–H groups in total. The number of hydrogen-bond acceptors (Lipinski definition) is 3. The Morgan fingerprint density at radius 3 is 2.65 bits per heavy atom. The molecule has 0 atom stereocenters. The maximum Gasteiger partial charge on any atom is 0.340 e. The van der Waals surface area contributed by atoms with E-state index in [1.54, 1.807) is 14.0 Å². The lowest BCUT2D eigenvalue weighted by Gasteiger charge is -2.05. The number of fused-ring (bicyclic) bond motifs is 1. The van der Waals surface area contributed by atoms with Gasteiger partial charge >= 0.3 is 5.97 Å². The minimum atomic E-state index is -0.301. The Morgan fingerprint density at radius 2 is 2.10 bits per heavy atom. The highest BCUT2D eigenvalue weighted by molar-refractivity contribution is 9.10. The van der Waals surface area contributed by atoms with E-state index >= 15 is 0 Å². The molecule has 20 heavy (non-hydrogen) atoms. The Morgan fingerprint density at radius 1 is 1.40 bits per heavy atom. The van der Waals surface area contributed by atoms with Gasteiger partial charge in [-0.3, -0.25) is 0 Å². The molecule has 0 amide bonds. The summed E-state index contributed by atoms with van der Waals surface area (Å²) in [7, 11) is 3.54. The first-order valence-electron chi connectivity index (χ1n) is 6.13. The summed E-state index contributed by atoms with van der Waals surface area (Å²) < 4.78 is 13.3. The van der Waals surface area contributed by atoms with Gasteiger partial charge in [0.15, 0.2) is 0 Å². The third-order valence-electron chi connectivity index (χ3n) is 3.20. The number of methoxy groups -OCH3 is 1. The highest BCUT2D eigenvalue weighted by Crippen LogP contribution is 2.35. The number of carbonyl (C=O) groups is 1. The molecule has 0 aliphatic carbocycles. The highest BCUT2D eigenvalue weighted by Gasteiger charge is 2.22. The van der Waals surface area contributed by atoms with Crippen LogP contribution >= 0.6 is 31.9 Å². The summed E-state index contributed by atoms with van der Waals surface area (Å²) in [6, 6.07) is 3.81. The number of benzene rings is 1. The smallest absolute Gasteiger partial charge is 0.340 e. The van der Waals surface area contributed by atoms with Crippen LogP contribution in [0.15, 0.2) is 16.6 Å². The molecule has 0 aliphatic heterocycles. The first-order valence-corrected chi connectivity index (χ1v) is 8.04. The highest BCUT2D eigenvalue weighted by atomic mass is 79.9. The zero-order valence-corrected chi connectivity index (χ0v) is 14.7.